The number of rotatable bonds is 1. The van der Waals surface area contributed by atoms with Gasteiger partial charge < -0.3 is 0 Å². The average molecular weight is 183 g/mol. The van der Waals surface area contributed by atoms with Crippen LogP contribution in [0.25, 0.3) is 6.08 Å². The number of fused-ring (bicyclic) bond motifs is 3. The summed E-state index contributed by atoms with van der Waals surface area (Å²) in [5.74, 6) is 0.865. The zero-order chi connectivity index (χ0) is 9.54. The van der Waals surface area contributed by atoms with Crippen molar-refractivity contribution >= 4 is 12.2 Å². The van der Waals surface area contributed by atoms with Gasteiger partial charge in [-0.25, -0.2) is 9.79 Å². The molecule has 2 nitrogen and oxygen atoms in total. The molecule has 0 aromatic heterocycles. The minimum Gasteiger partial charge on any atom is -0.211 e. The first-order chi connectivity index (χ1) is 6.92. The van der Waals surface area contributed by atoms with E-state index >= 15 is 0 Å². The largest absolute Gasteiger partial charge is 0.235 e. The molecule has 1 aromatic rings. The van der Waals surface area contributed by atoms with Crippen LogP contribution in [0.3, 0.4) is 0 Å². The van der Waals surface area contributed by atoms with E-state index in [-0.39, 0.29) is 6.04 Å². The van der Waals surface area contributed by atoms with E-state index in [1.807, 2.05) is 12.1 Å². The Kier molecular flexibility index (Phi) is 1.47. The second-order valence-electron chi connectivity index (χ2n) is 3.80. The third-order valence-corrected chi connectivity index (χ3v) is 3.09. The second kappa shape index (κ2) is 2.66. The Bertz CT molecular complexity index is 457. The average Bonchev–Trinajstić information content (AvgIpc) is 2.93. The van der Waals surface area contributed by atoms with Gasteiger partial charge in [0.05, 0.1) is 6.04 Å². The van der Waals surface area contributed by atoms with Gasteiger partial charge in [0.15, 0.2) is 0 Å². The Hall–Kier alpha value is -1.66. The summed E-state index contributed by atoms with van der Waals surface area (Å²) in [5, 5.41) is 0. The Morgan fingerprint density at radius 3 is 3.00 bits per heavy atom. The fraction of sp³-hybridized carbons (Fsp3) is 0.250. The van der Waals surface area contributed by atoms with Crippen molar-refractivity contribution in [2.45, 2.75) is 12.0 Å². The van der Waals surface area contributed by atoms with Gasteiger partial charge in [0.1, 0.15) is 0 Å². The lowest BCUT2D eigenvalue weighted by Crippen LogP contribution is -1.91. The predicted octanol–water partition coefficient (Wildman–Crippen LogP) is 2.13. The van der Waals surface area contributed by atoms with E-state index in [9.17, 15) is 4.79 Å². The SMILES string of the molecule is O=C=N[C@H]1[C@H]2C=Cc3ccccc3[C@H]21. The number of aliphatic imine (C=N–C) groups is 1. The lowest BCUT2D eigenvalue weighted by atomic mass is 9.97. The van der Waals surface area contributed by atoms with E-state index in [0.717, 1.165) is 0 Å². The zero-order valence-electron chi connectivity index (χ0n) is 7.55. The zero-order valence-corrected chi connectivity index (χ0v) is 7.55. The molecule has 0 saturated heterocycles. The number of hydrogen-bond donors (Lipinski definition) is 0. The molecule has 3 atom stereocenters. The normalized spacial score (nSPS) is 31.3. The number of carbonyl (C=O) groups excluding carboxylic acids is 1. The third-order valence-electron chi connectivity index (χ3n) is 3.09. The highest BCUT2D eigenvalue weighted by Crippen LogP contribution is 2.54. The van der Waals surface area contributed by atoms with Gasteiger partial charge in [0.2, 0.25) is 6.08 Å². The van der Waals surface area contributed by atoms with Crippen molar-refractivity contribution in [1.82, 2.24) is 0 Å². The van der Waals surface area contributed by atoms with Gasteiger partial charge in [-0.15, -0.1) is 0 Å². The van der Waals surface area contributed by atoms with Crippen LogP contribution in [0.15, 0.2) is 35.3 Å². The molecule has 0 heterocycles. The fourth-order valence-electron chi connectivity index (χ4n) is 2.35. The third kappa shape index (κ3) is 0.918. The topological polar surface area (TPSA) is 29.4 Å². The number of isocyanates is 1. The van der Waals surface area contributed by atoms with Crippen molar-refractivity contribution in [1.29, 1.82) is 0 Å². The first kappa shape index (κ1) is 7.72. The molecule has 68 valence electrons. The maximum absolute atomic E-state index is 10.2. The lowest BCUT2D eigenvalue weighted by Gasteiger charge is -2.07. The van der Waals surface area contributed by atoms with Gasteiger partial charge in [-0.3, -0.25) is 0 Å². The quantitative estimate of drug-likeness (QED) is 0.484. The van der Waals surface area contributed by atoms with Gasteiger partial charge >= 0.3 is 0 Å². The minimum atomic E-state index is 0.146. The summed E-state index contributed by atoms with van der Waals surface area (Å²) in [7, 11) is 0. The molecule has 2 heteroatoms. The first-order valence-electron chi connectivity index (χ1n) is 4.76. The van der Waals surface area contributed by atoms with Crippen LogP contribution in [0.1, 0.15) is 17.0 Å². The molecule has 0 aliphatic heterocycles. The highest BCUT2D eigenvalue weighted by Gasteiger charge is 2.51. The fourth-order valence-corrected chi connectivity index (χ4v) is 2.35. The monoisotopic (exact) mass is 183 g/mol. The molecular formula is C12H9NO. The molecule has 1 aromatic carbocycles. The smallest absolute Gasteiger partial charge is 0.211 e. The van der Waals surface area contributed by atoms with Crippen molar-refractivity contribution in [2.24, 2.45) is 10.9 Å². The number of benzene rings is 1. The molecule has 2 aliphatic rings. The molecule has 1 fully saturated rings. The van der Waals surface area contributed by atoms with Crippen molar-refractivity contribution in [3.8, 4) is 0 Å². The molecule has 3 rings (SSSR count). The molecule has 1 saturated carbocycles. The molecule has 0 amide bonds. The van der Waals surface area contributed by atoms with Gasteiger partial charge in [-0.1, -0.05) is 36.4 Å². The summed E-state index contributed by atoms with van der Waals surface area (Å²) < 4.78 is 0. The minimum absolute atomic E-state index is 0.146. The Morgan fingerprint density at radius 2 is 2.14 bits per heavy atom. The van der Waals surface area contributed by atoms with E-state index in [2.05, 4.69) is 29.3 Å². The van der Waals surface area contributed by atoms with E-state index in [1.165, 1.54) is 11.1 Å². The van der Waals surface area contributed by atoms with Crippen LogP contribution >= 0.6 is 0 Å². The van der Waals surface area contributed by atoms with Crippen molar-refractivity contribution in [3.63, 3.8) is 0 Å². The summed E-state index contributed by atoms with van der Waals surface area (Å²) in [6.45, 7) is 0. The maximum atomic E-state index is 10.2. The number of nitrogens with zero attached hydrogens (tertiary/aromatic N) is 1. The lowest BCUT2D eigenvalue weighted by molar-refractivity contribution is 0.562. The van der Waals surface area contributed by atoms with Crippen LogP contribution in [-0.4, -0.2) is 12.1 Å². The Balaban J connectivity index is 2.06. The molecule has 0 unspecified atom stereocenters. The van der Waals surface area contributed by atoms with Crippen LogP contribution in [0, 0.1) is 5.92 Å². The molecular weight excluding hydrogens is 174 g/mol. The van der Waals surface area contributed by atoms with Gasteiger partial charge in [0.25, 0.3) is 0 Å². The molecule has 0 N–H and O–H groups in total. The maximum Gasteiger partial charge on any atom is 0.235 e. The van der Waals surface area contributed by atoms with E-state index in [1.54, 1.807) is 6.08 Å². The van der Waals surface area contributed by atoms with Gasteiger partial charge in [-0.05, 0) is 11.1 Å². The van der Waals surface area contributed by atoms with Gasteiger partial charge in [0, 0.05) is 11.8 Å². The van der Waals surface area contributed by atoms with E-state index in [4.69, 9.17) is 0 Å². The highest BCUT2D eigenvalue weighted by atomic mass is 16.1. The second-order valence-corrected chi connectivity index (χ2v) is 3.80. The van der Waals surface area contributed by atoms with E-state index in [0.29, 0.717) is 11.8 Å². The predicted molar refractivity (Wildman–Crippen MR) is 53.6 cm³/mol. The Morgan fingerprint density at radius 1 is 1.29 bits per heavy atom. The summed E-state index contributed by atoms with van der Waals surface area (Å²) in [6.07, 6.45) is 5.93. The standard InChI is InChI=1S/C12H9NO/c14-7-13-12-10-6-5-8-3-1-2-4-9(8)11(10)12/h1-6,10-12H/t10-,11+,12-/m0/s1. The summed E-state index contributed by atoms with van der Waals surface area (Å²) >= 11 is 0. The molecule has 0 radical (unpaired) electrons. The van der Waals surface area contributed by atoms with Crippen LogP contribution < -0.4 is 0 Å². The summed E-state index contributed by atoms with van der Waals surface area (Å²) in [5.41, 5.74) is 2.58. The number of hydrogen-bond acceptors (Lipinski definition) is 2. The first-order valence-corrected chi connectivity index (χ1v) is 4.76. The van der Waals surface area contributed by atoms with Crippen LogP contribution in [0.2, 0.25) is 0 Å². The summed E-state index contributed by atoms with van der Waals surface area (Å²) in [6, 6.07) is 8.44. The van der Waals surface area contributed by atoms with Crippen LogP contribution in [0.4, 0.5) is 0 Å². The van der Waals surface area contributed by atoms with Crippen LogP contribution in [-0.2, 0) is 4.79 Å². The summed E-state index contributed by atoms with van der Waals surface area (Å²) in [4.78, 5) is 14.0. The van der Waals surface area contributed by atoms with Crippen molar-refractivity contribution in [3.05, 3.63) is 41.5 Å². The van der Waals surface area contributed by atoms with Crippen molar-refractivity contribution in [2.75, 3.05) is 0 Å². The molecule has 2 aliphatic carbocycles. The van der Waals surface area contributed by atoms with Gasteiger partial charge in [-0.2, -0.15) is 0 Å². The highest BCUT2D eigenvalue weighted by molar-refractivity contribution is 5.63. The molecule has 0 bridgehead atoms. The molecule has 14 heavy (non-hydrogen) atoms. The Labute approximate surface area is 82.0 Å². The molecule has 0 spiro atoms. The van der Waals surface area contributed by atoms with Crippen LogP contribution in [0.5, 0.6) is 0 Å². The van der Waals surface area contributed by atoms with E-state index < -0.39 is 0 Å². The van der Waals surface area contributed by atoms with Crippen molar-refractivity contribution < 1.29 is 4.79 Å².